The van der Waals surface area contributed by atoms with Gasteiger partial charge in [0.05, 0.1) is 12.2 Å². The van der Waals surface area contributed by atoms with Crippen molar-refractivity contribution in [1.82, 2.24) is 15.1 Å². The molecule has 0 fully saturated rings. The van der Waals surface area contributed by atoms with Crippen LogP contribution in [0.5, 0.6) is 0 Å². The van der Waals surface area contributed by atoms with Crippen LogP contribution in [0.3, 0.4) is 0 Å². The first-order valence-corrected chi connectivity index (χ1v) is 8.74. The minimum Gasteiger partial charge on any atom is -0.384 e. The van der Waals surface area contributed by atoms with E-state index in [0.29, 0.717) is 16.8 Å². The number of aromatic nitrogens is 2. The molecule has 1 heterocycles. The number of aryl methyl sites for hydroxylation is 2. The van der Waals surface area contributed by atoms with Crippen LogP contribution in [0.4, 0.5) is 8.78 Å². The highest BCUT2D eigenvalue weighted by Crippen LogP contribution is 2.23. The molecule has 0 saturated heterocycles. The molecule has 0 radical (unpaired) electrons. The second-order valence-corrected chi connectivity index (χ2v) is 6.97. The Labute approximate surface area is 161 Å². The summed E-state index contributed by atoms with van der Waals surface area (Å²) in [5.41, 5.74) is 1.20. The van der Waals surface area contributed by atoms with Gasteiger partial charge in [0.25, 0.3) is 5.91 Å². The summed E-state index contributed by atoms with van der Waals surface area (Å²) in [7, 11) is 1.69. The Morgan fingerprint density at radius 2 is 1.86 bits per heavy atom. The van der Waals surface area contributed by atoms with Crippen molar-refractivity contribution >= 4 is 5.91 Å². The summed E-state index contributed by atoms with van der Waals surface area (Å²) in [6.07, 6.45) is 0. The molecule has 0 aliphatic carbocycles. The molecule has 0 aliphatic heterocycles. The van der Waals surface area contributed by atoms with Crippen LogP contribution < -0.4 is 5.32 Å². The van der Waals surface area contributed by atoms with Gasteiger partial charge in [-0.05, 0) is 61.4 Å². The first kappa shape index (κ1) is 19.7. The number of rotatable bonds is 5. The standard InChI is InChI=1S/C21H21F2N3O2/c1-13-10-14(4-9-17(13)23)19-11-18(25-26(19)3)20(27)24-12-21(2,28)15-5-7-16(22)8-6-15/h4-11,28H,12H2,1-3H3,(H,24,27). The molecule has 0 aliphatic rings. The van der Waals surface area contributed by atoms with Crippen LogP contribution in [0.1, 0.15) is 28.5 Å². The Hall–Kier alpha value is -3.06. The van der Waals surface area contributed by atoms with Crippen molar-refractivity contribution < 1.29 is 18.7 Å². The van der Waals surface area contributed by atoms with Gasteiger partial charge in [-0.2, -0.15) is 5.10 Å². The predicted molar refractivity (Wildman–Crippen MR) is 102 cm³/mol. The summed E-state index contributed by atoms with van der Waals surface area (Å²) >= 11 is 0. The molecular weight excluding hydrogens is 364 g/mol. The fourth-order valence-electron chi connectivity index (χ4n) is 2.91. The van der Waals surface area contributed by atoms with Gasteiger partial charge in [-0.15, -0.1) is 0 Å². The lowest BCUT2D eigenvalue weighted by Crippen LogP contribution is -2.38. The van der Waals surface area contributed by atoms with Gasteiger partial charge in [-0.3, -0.25) is 9.48 Å². The van der Waals surface area contributed by atoms with Gasteiger partial charge in [-0.1, -0.05) is 12.1 Å². The second kappa shape index (κ2) is 7.52. The van der Waals surface area contributed by atoms with Crippen LogP contribution in [0.15, 0.2) is 48.5 Å². The van der Waals surface area contributed by atoms with Crippen molar-refractivity contribution in [3.05, 3.63) is 77.0 Å². The fraction of sp³-hybridized carbons (Fsp3) is 0.238. The number of aliphatic hydroxyl groups is 1. The van der Waals surface area contributed by atoms with E-state index in [2.05, 4.69) is 10.4 Å². The van der Waals surface area contributed by atoms with Crippen molar-refractivity contribution in [3.63, 3.8) is 0 Å². The maximum Gasteiger partial charge on any atom is 0.271 e. The zero-order valence-corrected chi connectivity index (χ0v) is 15.8. The number of amides is 1. The van der Waals surface area contributed by atoms with Gasteiger partial charge in [0.1, 0.15) is 17.2 Å². The Kier molecular flexibility index (Phi) is 5.29. The molecule has 3 rings (SSSR count). The molecule has 3 aromatic rings. The maximum atomic E-state index is 13.5. The normalized spacial score (nSPS) is 13.2. The van der Waals surface area contributed by atoms with Crippen molar-refractivity contribution in [2.75, 3.05) is 6.54 Å². The third-order valence-electron chi connectivity index (χ3n) is 4.63. The number of halogens is 2. The zero-order chi connectivity index (χ0) is 20.5. The molecular formula is C21H21F2N3O2. The summed E-state index contributed by atoms with van der Waals surface area (Å²) in [6.45, 7) is 3.13. The van der Waals surface area contributed by atoms with E-state index in [-0.39, 0.29) is 18.1 Å². The number of benzene rings is 2. The summed E-state index contributed by atoms with van der Waals surface area (Å²) in [4.78, 5) is 12.5. The number of nitrogens with one attached hydrogen (secondary N) is 1. The minimum atomic E-state index is -1.37. The van der Waals surface area contributed by atoms with Crippen molar-refractivity contribution in [2.45, 2.75) is 19.4 Å². The topological polar surface area (TPSA) is 67.2 Å². The molecule has 7 heteroatoms. The van der Waals surface area contributed by atoms with E-state index in [4.69, 9.17) is 0 Å². The molecule has 1 unspecified atom stereocenters. The highest BCUT2D eigenvalue weighted by molar-refractivity contribution is 5.93. The average Bonchev–Trinajstić information content (AvgIpc) is 3.04. The second-order valence-electron chi connectivity index (χ2n) is 6.97. The van der Waals surface area contributed by atoms with Gasteiger partial charge >= 0.3 is 0 Å². The molecule has 2 aromatic carbocycles. The first-order chi connectivity index (χ1) is 13.2. The van der Waals surface area contributed by atoms with Gasteiger partial charge in [0.2, 0.25) is 0 Å². The Morgan fingerprint density at radius 3 is 2.50 bits per heavy atom. The maximum absolute atomic E-state index is 13.5. The summed E-state index contributed by atoms with van der Waals surface area (Å²) < 4.78 is 28.1. The van der Waals surface area contributed by atoms with Crippen molar-refractivity contribution in [3.8, 4) is 11.3 Å². The molecule has 5 nitrogen and oxygen atoms in total. The van der Waals surface area contributed by atoms with Gasteiger partial charge in [0.15, 0.2) is 5.69 Å². The SMILES string of the molecule is Cc1cc(-c2cc(C(=O)NCC(C)(O)c3ccc(F)cc3)nn2C)ccc1F. The Balaban J connectivity index is 1.74. The summed E-state index contributed by atoms with van der Waals surface area (Å²) in [6, 6.07) is 11.7. The monoisotopic (exact) mass is 385 g/mol. The lowest BCUT2D eigenvalue weighted by Gasteiger charge is -2.24. The van der Waals surface area contributed by atoms with E-state index in [1.807, 2.05) is 0 Å². The van der Waals surface area contributed by atoms with E-state index in [1.54, 1.807) is 36.9 Å². The largest absolute Gasteiger partial charge is 0.384 e. The Morgan fingerprint density at radius 1 is 1.18 bits per heavy atom. The first-order valence-electron chi connectivity index (χ1n) is 8.74. The number of nitrogens with zero attached hydrogens (tertiary/aromatic N) is 2. The highest BCUT2D eigenvalue weighted by atomic mass is 19.1. The van der Waals surface area contributed by atoms with Gasteiger partial charge < -0.3 is 10.4 Å². The predicted octanol–water partition coefficient (Wildman–Crippen LogP) is 3.31. The summed E-state index contributed by atoms with van der Waals surface area (Å²) in [5.74, 6) is -1.16. The molecule has 146 valence electrons. The summed E-state index contributed by atoms with van der Waals surface area (Å²) in [5, 5.41) is 17.4. The smallest absolute Gasteiger partial charge is 0.271 e. The van der Waals surface area contributed by atoms with E-state index < -0.39 is 17.3 Å². The number of hydrogen-bond acceptors (Lipinski definition) is 3. The van der Waals surface area contributed by atoms with Crippen LogP contribution in [0.25, 0.3) is 11.3 Å². The minimum absolute atomic E-state index is 0.0704. The van der Waals surface area contributed by atoms with Crippen molar-refractivity contribution in [2.24, 2.45) is 7.05 Å². The average molecular weight is 385 g/mol. The third kappa shape index (κ3) is 4.09. The highest BCUT2D eigenvalue weighted by Gasteiger charge is 2.25. The van der Waals surface area contributed by atoms with Gasteiger partial charge in [-0.25, -0.2) is 8.78 Å². The van der Waals surface area contributed by atoms with Crippen LogP contribution in [0, 0.1) is 18.6 Å². The quantitative estimate of drug-likeness (QED) is 0.708. The lowest BCUT2D eigenvalue weighted by molar-refractivity contribution is 0.0524. The third-order valence-corrected chi connectivity index (χ3v) is 4.63. The number of hydrogen-bond donors (Lipinski definition) is 2. The lowest BCUT2D eigenvalue weighted by atomic mass is 9.96. The van der Waals surface area contributed by atoms with E-state index in [0.717, 1.165) is 5.56 Å². The Bertz CT molecular complexity index is 1010. The zero-order valence-electron chi connectivity index (χ0n) is 15.8. The van der Waals surface area contributed by atoms with Crippen LogP contribution in [-0.2, 0) is 12.6 Å². The van der Waals surface area contributed by atoms with Gasteiger partial charge in [0, 0.05) is 12.6 Å². The molecule has 2 N–H and O–H groups in total. The van der Waals surface area contributed by atoms with Crippen LogP contribution >= 0.6 is 0 Å². The fourth-order valence-corrected chi connectivity index (χ4v) is 2.91. The van der Waals surface area contributed by atoms with E-state index in [9.17, 15) is 18.7 Å². The molecule has 1 aromatic heterocycles. The number of carbonyl (C=O) groups excluding carboxylic acids is 1. The molecule has 0 saturated carbocycles. The molecule has 28 heavy (non-hydrogen) atoms. The molecule has 1 atom stereocenters. The number of carbonyl (C=O) groups is 1. The van der Waals surface area contributed by atoms with Crippen molar-refractivity contribution in [1.29, 1.82) is 0 Å². The molecule has 1 amide bonds. The van der Waals surface area contributed by atoms with Crippen LogP contribution in [-0.4, -0.2) is 27.3 Å². The van der Waals surface area contributed by atoms with Crippen LogP contribution in [0.2, 0.25) is 0 Å². The van der Waals surface area contributed by atoms with E-state index in [1.165, 1.54) is 37.3 Å². The van der Waals surface area contributed by atoms with E-state index >= 15 is 0 Å². The molecule has 0 bridgehead atoms. The molecule has 0 spiro atoms.